The fourth-order valence-electron chi connectivity index (χ4n) is 4.55. The fraction of sp³-hybridized carbons (Fsp3) is 0.571. The molecule has 0 radical (unpaired) electrons. The molecule has 2 nitrogen and oxygen atoms in total. The lowest BCUT2D eigenvalue weighted by Crippen LogP contribution is -2.49. The zero-order valence-electron chi connectivity index (χ0n) is 14.1. The van der Waals surface area contributed by atoms with Gasteiger partial charge in [-0.1, -0.05) is 50.0 Å². The molecule has 0 N–H and O–H groups in total. The molecule has 1 aromatic rings. The van der Waals surface area contributed by atoms with Crippen molar-refractivity contribution in [2.75, 3.05) is 0 Å². The Labute approximate surface area is 140 Å². The standard InChI is InChI=1S/C21H29NO/c1-2-10-17-13-9-16-20(17)22(19-14-7-4-8-15-19)21(23)18-11-5-3-6-12-18/h2-3,5-6,11-12,17,19-20H,1,4,7-10,13-16H2/t17-,20+/m1/s1. The summed E-state index contributed by atoms with van der Waals surface area (Å²) in [4.78, 5) is 15.6. The van der Waals surface area contributed by atoms with E-state index in [1.807, 2.05) is 36.4 Å². The first-order valence-electron chi connectivity index (χ1n) is 9.30. The summed E-state index contributed by atoms with van der Waals surface area (Å²) in [6, 6.07) is 10.7. The lowest BCUT2D eigenvalue weighted by Gasteiger charge is -2.41. The van der Waals surface area contributed by atoms with Gasteiger partial charge in [-0.15, -0.1) is 6.58 Å². The van der Waals surface area contributed by atoms with E-state index < -0.39 is 0 Å². The summed E-state index contributed by atoms with van der Waals surface area (Å²) >= 11 is 0. The van der Waals surface area contributed by atoms with Crippen molar-refractivity contribution in [2.24, 2.45) is 5.92 Å². The monoisotopic (exact) mass is 311 g/mol. The van der Waals surface area contributed by atoms with E-state index in [0.717, 1.165) is 18.4 Å². The highest BCUT2D eigenvalue weighted by Gasteiger charge is 2.38. The van der Waals surface area contributed by atoms with Crippen molar-refractivity contribution in [1.29, 1.82) is 0 Å². The summed E-state index contributed by atoms with van der Waals surface area (Å²) in [6.07, 6.45) is 12.9. The van der Waals surface area contributed by atoms with Gasteiger partial charge in [0.25, 0.3) is 5.91 Å². The summed E-state index contributed by atoms with van der Waals surface area (Å²) in [5.74, 6) is 0.848. The minimum absolute atomic E-state index is 0.249. The van der Waals surface area contributed by atoms with Crippen molar-refractivity contribution in [3.05, 3.63) is 48.6 Å². The van der Waals surface area contributed by atoms with Gasteiger partial charge in [0.05, 0.1) is 0 Å². The van der Waals surface area contributed by atoms with Crippen molar-refractivity contribution in [1.82, 2.24) is 4.90 Å². The van der Waals surface area contributed by atoms with Crippen molar-refractivity contribution < 1.29 is 4.79 Å². The molecule has 1 amide bonds. The maximum atomic E-state index is 13.3. The number of rotatable bonds is 5. The van der Waals surface area contributed by atoms with E-state index >= 15 is 0 Å². The van der Waals surface area contributed by atoms with Crippen molar-refractivity contribution in [3.8, 4) is 0 Å². The van der Waals surface area contributed by atoms with Crippen LogP contribution < -0.4 is 0 Å². The van der Waals surface area contributed by atoms with Crippen LogP contribution in [0.3, 0.4) is 0 Å². The van der Waals surface area contributed by atoms with E-state index in [1.165, 1.54) is 44.9 Å². The summed E-state index contributed by atoms with van der Waals surface area (Å²) < 4.78 is 0. The number of hydrogen-bond donors (Lipinski definition) is 0. The van der Waals surface area contributed by atoms with Gasteiger partial charge in [0, 0.05) is 17.6 Å². The highest BCUT2D eigenvalue weighted by atomic mass is 16.2. The summed E-state index contributed by atoms with van der Waals surface area (Å²) in [6.45, 7) is 3.93. The highest BCUT2D eigenvalue weighted by molar-refractivity contribution is 5.94. The topological polar surface area (TPSA) is 20.3 Å². The van der Waals surface area contributed by atoms with Crippen LogP contribution in [0.5, 0.6) is 0 Å². The Morgan fingerprint density at radius 3 is 2.48 bits per heavy atom. The number of nitrogens with zero attached hydrogens (tertiary/aromatic N) is 1. The predicted octanol–water partition coefficient (Wildman–Crippen LogP) is 5.21. The molecule has 2 fully saturated rings. The Hall–Kier alpha value is -1.57. The second kappa shape index (κ2) is 7.81. The van der Waals surface area contributed by atoms with Crippen LogP contribution in [-0.2, 0) is 0 Å². The van der Waals surface area contributed by atoms with Crippen LogP contribution >= 0.6 is 0 Å². The van der Waals surface area contributed by atoms with Gasteiger partial charge in [-0.2, -0.15) is 0 Å². The van der Waals surface area contributed by atoms with Crippen LogP contribution in [0.1, 0.15) is 68.1 Å². The first kappa shape index (κ1) is 16.3. The Balaban J connectivity index is 1.86. The van der Waals surface area contributed by atoms with E-state index in [0.29, 0.717) is 18.0 Å². The van der Waals surface area contributed by atoms with Crippen molar-refractivity contribution in [3.63, 3.8) is 0 Å². The van der Waals surface area contributed by atoms with Gasteiger partial charge in [0.1, 0.15) is 0 Å². The van der Waals surface area contributed by atoms with Crippen LogP contribution in [-0.4, -0.2) is 22.9 Å². The van der Waals surface area contributed by atoms with E-state index in [-0.39, 0.29) is 5.91 Å². The van der Waals surface area contributed by atoms with Gasteiger partial charge >= 0.3 is 0 Å². The molecule has 23 heavy (non-hydrogen) atoms. The number of hydrogen-bond acceptors (Lipinski definition) is 1. The van der Waals surface area contributed by atoms with E-state index in [2.05, 4.69) is 11.5 Å². The second-order valence-electron chi connectivity index (χ2n) is 7.15. The zero-order valence-corrected chi connectivity index (χ0v) is 14.1. The summed E-state index contributed by atoms with van der Waals surface area (Å²) in [5, 5.41) is 0. The molecule has 0 heterocycles. The molecule has 0 bridgehead atoms. The number of allylic oxidation sites excluding steroid dienone is 1. The molecule has 1 aromatic carbocycles. The Kier molecular flexibility index (Phi) is 5.53. The zero-order chi connectivity index (χ0) is 16.1. The molecule has 124 valence electrons. The first-order chi connectivity index (χ1) is 11.3. The minimum atomic E-state index is 0.249. The smallest absolute Gasteiger partial charge is 0.254 e. The molecular formula is C21H29NO. The number of carbonyl (C=O) groups excluding carboxylic acids is 1. The molecule has 3 rings (SSSR count). The quantitative estimate of drug-likeness (QED) is 0.684. The Morgan fingerprint density at radius 1 is 1.04 bits per heavy atom. The molecule has 2 heteroatoms. The van der Waals surface area contributed by atoms with E-state index in [1.54, 1.807) is 0 Å². The predicted molar refractivity (Wildman–Crippen MR) is 95.4 cm³/mol. The molecule has 0 spiro atoms. The molecule has 0 saturated heterocycles. The van der Waals surface area contributed by atoms with Gasteiger partial charge < -0.3 is 4.90 Å². The van der Waals surface area contributed by atoms with Gasteiger partial charge in [-0.3, -0.25) is 4.79 Å². The van der Waals surface area contributed by atoms with E-state index in [9.17, 15) is 4.79 Å². The maximum Gasteiger partial charge on any atom is 0.254 e. The maximum absolute atomic E-state index is 13.3. The molecule has 2 atom stereocenters. The lowest BCUT2D eigenvalue weighted by atomic mass is 9.89. The number of benzene rings is 1. The molecule has 0 aromatic heterocycles. The van der Waals surface area contributed by atoms with Crippen LogP contribution in [0.4, 0.5) is 0 Å². The summed E-state index contributed by atoms with van der Waals surface area (Å²) in [5.41, 5.74) is 0.849. The average Bonchev–Trinajstić information content (AvgIpc) is 3.05. The van der Waals surface area contributed by atoms with Crippen LogP contribution in [0.15, 0.2) is 43.0 Å². The van der Waals surface area contributed by atoms with Crippen LogP contribution in [0.2, 0.25) is 0 Å². The Morgan fingerprint density at radius 2 is 1.78 bits per heavy atom. The largest absolute Gasteiger partial charge is 0.332 e. The highest BCUT2D eigenvalue weighted by Crippen LogP contribution is 2.37. The molecule has 0 unspecified atom stereocenters. The molecule has 0 aliphatic heterocycles. The van der Waals surface area contributed by atoms with Crippen LogP contribution in [0.25, 0.3) is 0 Å². The van der Waals surface area contributed by atoms with Gasteiger partial charge in [-0.05, 0) is 50.2 Å². The fourth-order valence-corrected chi connectivity index (χ4v) is 4.55. The normalized spacial score (nSPS) is 25.2. The van der Waals surface area contributed by atoms with Gasteiger partial charge in [0.15, 0.2) is 0 Å². The molecular weight excluding hydrogens is 282 g/mol. The average molecular weight is 311 g/mol. The van der Waals surface area contributed by atoms with Gasteiger partial charge in [0.2, 0.25) is 0 Å². The van der Waals surface area contributed by atoms with Crippen molar-refractivity contribution in [2.45, 2.75) is 69.9 Å². The van der Waals surface area contributed by atoms with Gasteiger partial charge in [-0.25, -0.2) is 0 Å². The van der Waals surface area contributed by atoms with Crippen molar-refractivity contribution >= 4 is 5.91 Å². The lowest BCUT2D eigenvalue weighted by molar-refractivity contribution is 0.0449. The molecule has 2 aliphatic carbocycles. The number of carbonyl (C=O) groups is 1. The molecule has 2 aliphatic rings. The SMILES string of the molecule is C=CC[C@@H]1CCC[C@@H]1N(C(=O)c1ccccc1)C1CCCCC1. The van der Waals surface area contributed by atoms with Crippen LogP contribution in [0, 0.1) is 5.92 Å². The first-order valence-corrected chi connectivity index (χ1v) is 9.30. The third-order valence-electron chi connectivity index (χ3n) is 5.67. The minimum Gasteiger partial charge on any atom is -0.332 e. The number of amides is 1. The summed E-state index contributed by atoms with van der Waals surface area (Å²) in [7, 11) is 0. The molecule has 2 saturated carbocycles. The third-order valence-corrected chi connectivity index (χ3v) is 5.67. The Bertz CT molecular complexity index is 518. The third kappa shape index (κ3) is 3.68. The second-order valence-corrected chi connectivity index (χ2v) is 7.15. The van der Waals surface area contributed by atoms with E-state index in [4.69, 9.17) is 0 Å².